The topological polar surface area (TPSA) is 78.8 Å². The smallest absolute Gasteiger partial charge is 0.238 e. The number of imidazole rings is 1. The van der Waals surface area contributed by atoms with Crippen molar-refractivity contribution in [2.24, 2.45) is 5.92 Å². The highest BCUT2D eigenvalue weighted by molar-refractivity contribution is 5.93. The molecule has 0 saturated carbocycles. The third kappa shape index (κ3) is 4.34. The quantitative estimate of drug-likeness (QED) is 0.672. The summed E-state index contributed by atoms with van der Waals surface area (Å²) in [4.78, 5) is 23.1. The molecule has 0 radical (unpaired) electrons. The van der Waals surface area contributed by atoms with E-state index in [1.165, 1.54) is 6.42 Å². The van der Waals surface area contributed by atoms with Crippen LogP contribution in [0.25, 0.3) is 11.0 Å². The normalized spacial score (nSPS) is 17.7. The van der Waals surface area contributed by atoms with Gasteiger partial charge >= 0.3 is 0 Å². The minimum Gasteiger partial charge on any atom is -0.342 e. The fourth-order valence-electron chi connectivity index (χ4n) is 4.41. The number of anilines is 1. The van der Waals surface area contributed by atoms with E-state index in [1.54, 1.807) is 0 Å². The lowest BCUT2D eigenvalue weighted by Crippen LogP contribution is -2.41. The van der Waals surface area contributed by atoms with Gasteiger partial charge in [0, 0.05) is 19.5 Å². The van der Waals surface area contributed by atoms with E-state index in [2.05, 4.69) is 33.3 Å². The molecule has 1 aromatic carbocycles. The van der Waals surface area contributed by atoms with Gasteiger partial charge in [0.05, 0.1) is 34.7 Å². The summed E-state index contributed by atoms with van der Waals surface area (Å²) in [6.07, 6.45) is 3.22. The van der Waals surface area contributed by atoms with E-state index >= 15 is 0 Å². The van der Waals surface area contributed by atoms with Crippen LogP contribution in [0, 0.1) is 19.8 Å². The average molecular weight is 395 g/mol. The number of amides is 1. The minimum atomic E-state index is 0.0382. The van der Waals surface area contributed by atoms with Crippen molar-refractivity contribution in [1.29, 1.82) is 0 Å². The van der Waals surface area contributed by atoms with Crippen molar-refractivity contribution < 1.29 is 4.79 Å². The van der Waals surface area contributed by atoms with Gasteiger partial charge in [-0.05, 0) is 58.2 Å². The lowest BCUT2D eigenvalue weighted by molar-refractivity contribution is -0.117. The van der Waals surface area contributed by atoms with Crippen molar-refractivity contribution in [2.45, 2.75) is 46.6 Å². The Morgan fingerprint density at radius 2 is 2.14 bits per heavy atom. The van der Waals surface area contributed by atoms with E-state index in [4.69, 9.17) is 4.98 Å². The molecule has 1 amide bonds. The van der Waals surface area contributed by atoms with Gasteiger partial charge in [0.1, 0.15) is 5.82 Å². The molecule has 29 heavy (non-hydrogen) atoms. The number of para-hydroxylation sites is 2. The van der Waals surface area contributed by atoms with Crippen LogP contribution in [-0.4, -0.2) is 50.2 Å². The highest BCUT2D eigenvalue weighted by Crippen LogP contribution is 2.22. The number of hydrogen-bond donors (Lipinski definition) is 2. The summed E-state index contributed by atoms with van der Waals surface area (Å²) in [5.41, 5.74) is 4.85. The van der Waals surface area contributed by atoms with E-state index in [-0.39, 0.29) is 5.91 Å². The second-order valence-electron chi connectivity index (χ2n) is 8.06. The zero-order chi connectivity index (χ0) is 20.4. The van der Waals surface area contributed by atoms with Gasteiger partial charge in [-0.25, -0.2) is 4.98 Å². The SMILES string of the molecule is CCn1nc(C)c(NC(=O)CN2CCC[C@@H](Cc3nc4ccccc4[nH]3)C2)c1C. The maximum atomic E-state index is 12.7. The lowest BCUT2D eigenvalue weighted by atomic mass is 9.94. The predicted molar refractivity (Wildman–Crippen MR) is 115 cm³/mol. The Balaban J connectivity index is 1.34. The zero-order valence-electron chi connectivity index (χ0n) is 17.5. The number of fused-ring (bicyclic) bond motifs is 1. The van der Waals surface area contributed by atoms with Gasteiger partial charge in [0.15, 0.2) is 0 Å². The molecular weight excluding hydrogens is 364 g/mol. The number of aryl methyl sites for hydroxylation is 2. The van der Waals surface area contributed by atoms with Gasteiger partial charge in [-0.1, -0.05) is 12.1 Å². The number of rotatable bonds is 6. The van der Waals surface area contributed by atoms with E-state index < -0.39 is 0 Å². The molecular formula is C22H30N6O. The number of piperidine rings is 1. The Hall–Kier alpha value is -2.67. The van der Waals surface area contributed by atoms with Crippen molar-refractivity contribution in [3.05, 3.63) is 41.5 Å². The van der Waals surface area contributed by atoms with Gasteiger partial charge in [-0.15, -0.1) is 0 Å². The number of nitrogens with one attached hydrogen (secondary N) is 2. The van der Waals surface area contributed by atoms with Crippen molar-refractivity contribution >= 4 is 22.6 Å². The second kappa shape index (κ2) is 8.37. The minimum absolute atomic E-state index is 0.0382. The Morgan fingerprint density at radius 1 is 1.31 bits per heavy atom. The maximum absolute atomic E-state index is 12.7. The molecule has 1 aliphatic rings. The van der Waals surface area contributed by atoms with E-state index in [0.717, 1.165) is 66.4 Å². The van der Waals surface area contributed by atoms with Crippen molar-refractivity contribution in [1.82, 2.24) is 24.6 Å². The number of hydrogen-bond acceptors (Lipinski definition) is 4. The van der Waals surface area contributed by atoms with Crippen LogP contribution in [0.5, 0.6) is 0 Å². The molecule has 154 valence electrons. The van der Waals surface area contributed by atoms with Crippen LogP contribution >= 0.6 is 0 Å². The predicted octanol–water partition coefficient (Wildman–Crippen LogP) is 3.29. The molecule has 4 rings (SSSR count). The van der Waals surface area contributed by atoms with E-state index in [1.807, 2.05) is 36.7 Å². The third-order valence-corrected chi connectivity index (χ3v) is 5.84. The summed E-state index contributed by atoms with van der Waals surface area (Å²) in [5.74, 6) is 1.60. The van der Waals surface area contributed by atoms with Crippen LogP contribution in [0.3, 0.4) is 0 Å². The first-order valence-electron chi connectivity index (χ1n) is 10.5. The fraction of sp³-hybridized carbons (Fsp3) is 0.500. The van der Waals surface area contributed by atoms with Gasteiger partial charge in [-0.2, -0.15) is 5.10 Å². The van der Waals surface area contributed by atoms with Crippen LogP contribution in [0.4, 0.5) is 5.69 Å². The van der Waals surface area contributed by atoms with Crippen LogP contribution in [-0.2, 0) is 17.8 Å². The summed E-state index contributed by atoms with van der Waals surface area (Å²) in [6.45, 7) is 9.13. The van der Waals surface area contributed by atoms with Gasteiger partial charge in [0.25, 0.3) is 0 Å². The Kier molecular flexibility index (Phi) is 5.67. The molecule has 3 aromatic rings. The zero-order valence-corrected chi connectivity index (χ0v) is 17.5. The maximum Gasteiger partial charge on any atom is 0.238 e. The molecule has 1 aliphatic heterocycles. The van der Waals surface area contributed by atoms with Gasteiger partial charge < -0.3 is 10.3 Å². The number of carbonyl (C=O) groups excluding carboxylic acids is 1. The molecule has 2 aromatic heterocycles. The van der Waals surface area contributed by atoms with Crippen LogP contribution in [0.1, 0.15) is 37.0 Å². The Morgan fingerprint density at radius 3 is 2.90 bits per heavy atom. The number of H-pyrrole nitrogens is 1. The van der Waals surface area contributed by atoms with Crippen molar-refractivity contribution in [3.8, 4) is 0 Å². The molecule has 3 heterocycles. The number of benzene rings is 1. The largest absolute Gasteiger partial charge is 0.342 e. The number of carbonyl (C=O) groups is 1. The molecule has 1 saturated heterocycles. The first-order chi connectivity index (χ1) is 14.0. The number of nitrogens with zero attached hydrogens (tertiary/aromatic N) is 4. The van der Waals surface area contributed by atoms with Crippen molar-refractivity contribution in [2.75, 3.05) is 25.0 Å². The van der Waals surface area contributed by atoms with E-state index in [9.17, 15) is 4.79 Å². The Bertz CT molecular complexity index is 971. The number of likely N-dealkylation sites (tertiary alicyclic amines) is 1. The first kappa shape index (κ1) is 19.6. The molecule has 0 spiro atoms. The lowest BCUT2D eigenvalue weighted by Gasteiger charge is -2.31. The fourth-order valence-corrected chi connectivity index (χ4v) is 4.41. The van der Waals surface area contributed by atoms with Crippen molar-refractivity contribution in [3.63, 3.8) is 0 Å². The van der Waals surface area contributed by atoms with Crippen LogP contribution in [0.15, 0.2) is 24.3 Å². The van der Waals surface area contributed by atoms with Crippen LogP contribution in [0.2, 0.25) is 0 Å². The average Bonchev–Trinajstić information content (AvgIpc) is 3.23. The second-order valence-corrected chi connectivity index (χ2v) is 8.06. The first-order valence-corrected chi connectivity index (χ1v) is 10.5. The Labute approximate surface area is 171 Å². The van der Waals surface area contributed by atoms with Gasteiger partial charge in [-0.3, -0.25) is 14.4 Å². The molecule has 0 bridgehead atoms. The number of aromatic nitrogens is 4. The highest BCUT2D eigenvalue weighted by atomic mass is 16.2. The third-order valence-electron chi connectivity index (χ3n) is 5.84. The molecule has 0 aliphatic carbocycles. The van der Waals surface area contributed by atoms with Crippen LogP contribution < -0.4 is 5.32 Å². The standard InChI is InChI=1S/C22H30N6O/c1-4-28-16(3)22(15(2)26-28)25-21(29)14-27-11-7-8-17(13-27)12-20-23-18-9-5-6-10-19(18)24-20/h5-6,9-10,17H,4,7-8,11-14H2,1-3H3,(H,23,24)(H,25,29)/t17-/m0/s1. The molecule has 1 fully saturated rings. The number of aromatic amines is 1. The molecule has 1 atom stereocenters. The van der Waals surface area contributed by atoms with Gasteiger partial charge in [0.2, 0.25) is 5.91 Å². The summed E-state index contributed by atoms with van der Waals surface area (Å²) in [7, 11) is 0. The highest BCUT2D eigenvalue weighted by Gasteiger charge is 2.23. The summed E-state index contributed by atoms with van der Waals surface area (Å²) >= 11 is 0. The summed E-state index contributed by atoms with van der Waals surface area (Å²) < 4.78 is 1.93. The summed E-state index contributed by atoms with van der Waals surface area (Å²) in [6, 6.07) is 8.14. The summed E-state index contributed by atoms with van der Waals surface area (Å²) in [5, 5.41) is 7.56. The monoisotopic (exact) mass is 394 g/mol. The molecule has 7 nitrogen and oxygen atoms in total. The van der Waals surface area contributed by atoms with E-state index in [0.29, 0.717) is 12.5 Å². The molecule has 0 unspecified atom stereocenters. The molecule has 2 N–H and O–H groups in total. The molecule has 7 heteroatoms.